The number of esters is 1. The summed E-state index contributed by atoms with van der Waals surface area (Å²) in [6, 6.07) is 0. The summed E-state index contributed by atoms with van der Waals surface area (Å²) in [6.07, 6.45) is 4.70. The molecule has 8 heteroatoms. The Hall–Kier alpha value is -2.06. The number of hydrogen-bond acceptors (Lipinski definition) is 7. The Kier molecular flexibility index (Phi) is 6.78. The van der Waals surface area contributed by atoms with Gasteiger partial charge in [0, 0.05) is 11.8 Å². The lowest BCUT2D eigenvalue weighted by atomic mass is 9.45. The van der Waals surface area contributed by atoms with Crippen LogP contribution in [0.2, 0.25) is 0 Å². The van der Waals surface area contributed by atoms with Crippen LogP contribution in [-0.4, -0.2) is 57.1 Å². The number of carboxylic acid groups (broad SMARTS) is 1. The fourth-order valence-electron chi connectivity index (χ4n) is 8.33. The summed E-state index contributed by atoms with van der Waals surface area (Å²) in [7, 11) is 0. The van der Waals surface area contributed by atoms with Crippen molar-refractivity contribution in [3.63, 3.8) is 0 Å². The zero-order valence-corrected chi connectivity index (χ0v) is 21.8. The Labute approximate surface area is 212 Å². The highest BCUT2D eigenvalue weighted by Crippen LogP contribution is 2.67. The number of ether oxygens (including phenoxy) is 1. The third kappa shape index (κ3) is 4.34. The number of aliphatic hydroxyl groups is 2. The molecule has 0 spiro atoms. The highest BCUT2D eigenvalue weighted by atomic mass is 16.5. The third-order valence-corrected chi connectivity index (χ3v) is 10.1. The Balaban J connectivity index is 1.49. The molecule has 7 atom stereocenters. The van der Waals surface area contributed by atoms with Gasteiger partial charge in [-0.2, -0.15) is 0 Å². The minimum absolute atomic E-state index is 0.0181. The van der Waals surface area contributed by atoms with Crippen molar-refractivity contribution in [1.29, 1.82) is 0 Å². The molecule has 0 amide bonds. The van der Waals surface area contributed by atoms with Crippen molar-refractivity contribution >= 4 is 23.5 Å². The van der Waals surface area contributed by atoms with Gasteiger partial charge >= 0.3 is 11.9 Å². The van der Waals surface area contributed by atoms with E-state index in [9.17, 15) is 29.4 Å². The first-order chi connectivity index (χ1) is 16.6. The first-order valence-corrected chi connectivity index (χ1v) is 13.2. The molecule has 0 radical (unpaired) electrons. The normalized spacial score (nSPS) is 39.9. The lowest BCUT2D eigenvalue weighted by Crippen LogP contribution is -2.62. The quantitative estimate of drug-likeness (QED) is 0.449. The van der Waals surface area contributed by atoms with Crippen molar-refractivity contribution in [1.82, 2.24) is 0 Å². The van der Waals surface area contributed by atoms with Crippen molar-refractivity contribution < 1.29 is 39.2 Å². The first-order valence-electron chi connectivity index (χ1n) is 13.2. The van der Waals surface area contributed by atoms with Gasteiger partial charge < -0.3 is 20.1 Å². The summed E-state index contributed by atoms with van der Waals surface area (Å²) >= 11 is 0. The van der Waals surface area contributed by atoms with E-state index in [4.69, 9.17) is 9.84 Å². The number of carbonyl (C=O) groups is 4. The molecule has 0 unspecified atom stereocenters. The van der Waals surface area contributed by atoms with Crippen LogP contribution in [0, 0.1) is 34.0 Å². The van der Waals surface area contributed by atoms with Crippen LogP contribution in [0.5, 0.6) is 0 Å². The van der Waals surface area contributed by atoms with Gasteiger partial charge in [0.2, 0.25) is 5.78 Å². The molecule has 0 heterocycles. The van der Waals surface area contributed by atoms with E-state index in [2.05, 4.69) is 6.92 Å². The summed E-state index contributed by atoms with van der Waals surface area (Å²) in [5.41, 5.74) is -2.49. The molecular weight excluding hydrogens is 464 g/mol. The van der Waals surface area contributed by atoms with E-state index in [0.717, 1.165) is 24.8 Å². The van der Waals surface area contributed by atoms with E-state index >= 15 is 0 Å². The molecule has 0 bridgehead atoms. The van der Waals surface area contributed by atoms with E-state index in [1.54, 1.807) is 19.9 Å². The molecule has 4 aliphatic carbocycles. The maximum absolute atomic E-state index is 13.3. The molecule has 3 fully saturated rings. The number of carboxylic acids is 1. The minimum Gasteiger partial charge on any atom is -0.481 e. The fourth-order valence-corrected chi connectivity index (χ4v) is 8.33. The van der Waals surface area contributed by atoms with Crippen LogP contribution in [0.15, 0.2) is 11.6 Å². The van der Waals surface area contributed by atoms with Crippen LogP contribution in [-0.2, 0) is 23.9 Å². The maximum Gasteiger partial charge on any atom is 0.306 e. The van der Waals surface area contributed by atoms with Gasteiger partial charge in [-0.05, 0) is 73.2 Å². The molecule has 3 N–H and O–H groups in total. The summed E-state index contributed by atoms with van der Waals surface area (Å²) in [5, 5.41) is 32.2. The molecule has 0 aromatic heterocycles. The zero-order chi connectivity index (χ0) is 26.7. The van der Waals surface area contributed by atoms with Gasteiger partial charge in [0.25, 0.3) is 0 Å². The summed E-state index contributed by atoms with van der Waals surface area (Å²) in [6.45, 7) is 6.77. The van der Waals surface area contributed by atoms with Gasteiger partial charge in [-0.1, -0.05) is 33.3 Å². The second-order valence-electron chi connectivity index (χ2n) is 13.0. The van der Waals surface area contributed by atoms with Crippen LogP contribution in [0.1, 0.15) is 85.5 Å². The molecular formula is C28H40O8. The zero-order valence-electron chi connectivity index (χ0n) is 21.8. The smallest absolute Gasteiger partial charge is 0.306 e. The van der Waals surface area contributed by atoms with Gasteiger partial charge in [-0.3, -0.25) is 19.2 Å². The van der Waals surface area contributed by atoms with Crippen LogP contribution < -0.4 is 0 Å². The Morgan fingerprint density at radius 3 is 2.47 bits per heavy atom. The topological polar surface area (TPSA) is 138 Å². The van der Waals surface area contributed by atoms with Crippen LogP contribution in [0.25, 0.3) is 0 Å². The number of rotatable bonds is 7. The van der Waals surface area contributed by atoms with Crippen molar-refractivity contribution in [2.75, 3.05) is 6.61 Å². The first kappa shape index (κ1) is 27.0. The molecule has 36 heavy (non-hydrogen) atoms. The van der Waals surface area contributed by atoms with Crippen LogP contribution >= 0.6 is 0 Å². The number of allylic oxidation sites excluding steroid dienone is 1. The fraction of sp³-hybridized carbons (Fsp3) is 0.786. The Bertz CT molecular complexity index is 998. The van der Waals surface area contributed by atoms with Crippen molar-refractivity contribution in [2.24, 2.45) is 34.0 Å². The largest absolute Gasteiger partial charge is 0.481 e. The third-order valence-electron chi connectivity index (χ3n) is 10.1. The second kappa shape index (κ2) is 9.05. The van der Waals surface area contributed by atoms with E-state index in [1.165, 1.54) is 0 Å². The number of hydrogen-bond donors (Lipinski definition) is 3. The number of ketones is 2. The highest BCUT2D eigenvalue weighted by Gasteiger charge is 2.68. The molecule has 4 aliphatic rings. The van der Waals surface area contributed by atoms with E-state index in [-0.39, 0.29) is 54.6 Å². The van der Waals surface area contributed by atoms with Gasteiger partial charge in [0.05, 0.1) is 18.9 Å². The molecule has 0 saturated heterocycles. The van der Waals surface area contributed by atoms with Gasteiger partial charge in [-0.15, -0.1) is 0 Å². The van der Waals surface area contributed by atoms with Crippen molar-refractivity contribution in [3.05, 3.63) is 11.6 Å². The van der Waals surface area contributed by atoms with Crippen LogP contribution in [0.4, 0.5) is 0 Å². The summed E-state index contributed by atoms with van der Waals surface area (Å²) in [5.74, 6) is -1.94. The number of aliphatic carboxylic acids is 1. The number of aliphatic hydroxyl groups excluding tert-OH is 1. The minimum atomic E-state index is -1.71. The predicted molar refractivity (Wildman–Crippen MR) is 130 cm³/mol. The number of fused-ring (bicyclic) bond motifs is 5. The second-order valence-corrected chi connectivity index (χ2v) is 13.0. The van der Waals surface area contributed by atoms with Crippen molar-refractivity contribution in [3.8, 4) is 0 Å². The maximum atomic E-state index is 13.3. The SMILES string of the molecule is CC(C)(CC(=O)O)CC(=O)OCC(=O)[C@]1(O)CC[C@H]2[C@@H]3CCC4=CC(=O)CC[C@]4(C)[C@H]3[C@H](O)C[C@@]21C. The number of Topliss-reactive ketones (excluding diaryl/α,β-unsaturated/α-hetero) is 1. The van der Waals surface area contributed by atoms with Crippen molar-refractivity contribution in [2.45, 2.75) is 97.2 Å². The van der Waals surface area contributed by atoms with E-state index in [0.29, 0.717) is 12.8 Å². The predicted octanol–water partition coefficient (Wildman–Crippen LogP) is 3.22. The molecule has 8 nitrogen and oxygen atoms in total. The summed E-state index contributed by atoms with van der Waals surface area (Å²) in [4.78, 5) is 48.7. The van der Waals surface area contributed by atoms with Crippen LogP contribution in [0.3, 0.4) is 0 Å². The molecule has 4 rings (SSSR count). The molecule has 0 aromatic rings. The summed E-state index contributed by atoms with van der Waals surface area (Å²) < 4.78 is 5.21. The van der Waals surface area contributed by atoms with Gasteiger partial charge in [0.15, 0.2) is 12.4 Å². The monoisotopic (exact) mass is 504 g/mol. The Morgan fingerprint density at radius 2 is 1.81 bits per heavy atom. The Morgan fingerprint density at radius 1 is 1.11 bits per heavy atom. The molecule has 200 valence electrons. The lowest BCUT2D eigenvalue weighted by molar-refractivity contribution is -0.184. The average molecular weight is 505 g/mol. The van der Waals surface area contributed by atoms with E-state index < -0.39 is 46.9 Å². The standard InChI is InChI=1S/C28H40O8/c1-25(2,13-22(32)33)14-23(34)36-15-21(31)28(35)10-8-19-18-6-5-16-11-17(29)7-9-26(16,3)24(18)20(30)12-27(19,28)4/h11,18-20,24,30,35H,5-10,12-15H2,1-4H3,(H,32,33)/t18-,19-,20+,24+,26-,27-,28+/m0/s1. The number of carbonyl (C=O) groups excluding carboxylic acids is 3. The highest BCUT2D eigenvalue weighted by molar-refractivity contribution is 5.92. The molecule has 0 aromatic carbocycles. The molecule has 0 aliphatic heterocycles. The van der Waals surface area contributed by atoms with Gasteiger partial charge in [-0.25, -0.2) is 0 Å². The lowest BCUT2D eigenvalue weighted by Gasteiger charge is -2.60. The molecule has 3 saturated carbocycles. The van der Waals surface area contributed by atoms with E-state index in [1.807, 2.05) is 6.92 Å². The van der Waals surface area contributed by atoms with Gasteiger partial charge in [0.1, 0.15) is 5.60 Å². The average Bonchev–Trinajstić information content (AvgIpc) is 3.02.